The Hall–Kier alpha value is -1.74. The lowest BCUT2D eigenvalue weighted by Crippen LogP contribution is -1.95. The van der Waals surface area contributed by atoms with Gasteiger partial charge in [-0.1, -0.05) is 40.2 Å². The van der Waals surface area contributed by atoms with Crippen molar-refractivity contribution in [1.29, 1.82) is 0 Å². The van der Waals surface area contributed by atoms with Gasteiger partial charge in [-0.05, 0) is 35.7 Å². The summed E-state index contributed by atoms with van der Waals surface area (Å²) in [6.07, 6.45) is 0. The number of para-hydroxylation sites is 1. The topological polar surface area (TPSA) is 25.0 Å². The molecule has 1 heterocycles. The number of hydrogen-bond donors (Lipinski definition) is 1. The second-order valence-corrected chi connectivity index (χ2v) is 5.04. The Kier molecular flexibility index (Phi) is 3.07. The maximum atomic E-state index is 5.74. The summed E-state index contributed by atoms with van der Waals surface area (Å²) in [5.41, 5.74) is 2.22. The smallest absolute Gasteiger partial charge is 0.128 e. The number of aromatic amines is 1. The normalized spacial score (nSPS) is 10.7. The van der Waals surface area contributed by atoms with E-state index in [0.717, 1.165) is 21.4 Å². The number of fused-ring (bicyclic) bond motifs is 1. The molecule has 0 aliphatic heterocycles. The Bertz CT molecular complexity index is 642. The maximum absolute atomic E-state index is 5.74. The lowest BCUT2D eigenvalue weighted by atomic mass is 10.2. The third-order valence-electron chi connectivity index (χ3n) is 2.78. The minimum absolute atomic E-state index is 0.547. The van der Waals surface area contributed by atoms with E-state index in [-0.39, 0.29) is 0 Å². The van der Waals surface area contributed by atoms with Crippen LogP contribution in [0.3, 0.4) is 0 Å². The Balaban J connectivity index is 1.76. The third kappa shape index (κ3) is 2.41. The van der Waals surface area contributed by atoms with Crippen LogP contribution < -0.4 is 4.74 Å². The van der Waals surface area contributed by atoms with Gasteiger partial charge in [0.05, 0.1) is 5.69 Å². The highest BCUT2D eigenvalue weighted by atomic mass is 79.9. The molecule has 18 heavy (non-hydrogen) atoms. The molecule has 0 atom stereocenters. The molecule has 0 saturated heterocycles. The van der Waals surface area contributed by atoms with Crippen LogP contribution in [0.1, 0.15) is 5.69 Å². The largest absolute Gasteiger partial charge is 0.487 e. The molecular weight excluding hydrogens is 290 g/mol. The molecule has 2 aromatic carbocycles. The van der Waals surface area contributed by atoms with Crippen molar-refractivity contribution in [2.24, 2.45) is 0 Å². The molecule has 0 radical (unpaired) electrons. The van der Waals surface area contributed by atoms with Gasteiger partial charge in [-0.3, -0.25) is 0 Å². The molecule has 0 saturated carbocycles. The average molecular weight is 302 g/mol. The number of ether oxygens (including phenoxy) is 1. The molecule has 90 valence electrons. The summed E-state index contributed by atoms with van der Waals surface area (Å²) in [6.45, 7) is 0.547. The second-order valence-electron chi connectivity index (χ2n) is 4.13. The molecule has 0 aliphatic rings. The van der Waals surface area contributed by atoms with Gasteiger partial charge in [-0.25, -0.2) is 0 Å². The summed E-state index contributed by atoms with van der Waals surface area (Å²) < 4.78 is 6.77. The molecule has 0 amide bonds. The first-order valence-corrected chi connectivity index (χ1v) is 6.55. The molecular formula is C15H12BrNO. The van der Waals surface area contributed by atoms with E-state index in [1.165, 1.54) is 5.39 Å². The van der Waals surface area contributed by atoms with E-state index in [1.54, 1.807) is 0 Å². The summed E-state index contributed by atoms with van der Waals surface area (Å²) in [7, 11) is 0. The number of H-pyrrole nitrogens is 1. The molecule has 3 heteroatoms. The molecule has 0 aliphatic carbocycles. The van der Waals surface area contributed by atoms with Gasteiger partial charge in [0.25, 0.3) is 0 Å². The standard InChI is InChI=1S/C15H12BrNO/c16-12-5-3-6-14(9-12)18-10-13-8-11-4-1-2-7-15(11)17-13/h1-9,17H,10H2. The van der Waals surface area contributed by atoms with Crippen LogP contribution in [0.5, 0.6) is 5.75 Å². The van der Waals surface area contributed by atoms with Gasteiger partial charge in [0, 0.05) is 9.99 Å². The van der Waals surface area contributed by atoms with Crippen LogP contribution in [0.15, 0.2) is 59.1 Å². The van der Waals surface area contributed by atoms with Crippen molar-refractivity contribution in [3.05, 3.63) is 64.8 Å². The van der Waals surface area contributed by atoms with Crippen LogP contribution in [-0.2, 0) is 6.61 Å². The lowest BCUT2D eigenvalue weighted by molar-refractivity contribution is 0.302. The van der Waals surface area contributed by atoms with Gasteiger partial charge < -0.3 is 9.72 Å². The molecule has 0 fully saturated rings. The average Bonchev–Trinajstić information content (AvgIpc) is 2.79. The Morgan fingerprint density at radius 3 is 2.72 bits per heavy atom. The number of hydrogen-bond acceptors (Lipinski definition) is 1. The number of benzene rings is 2. The molecule has 1 aromatic heterocycles. The summed E-state index contributed by atoms with van der Waals surface area (Å²) in [5, 5.41) is 1.21. The van der Waals surface area contributed by atoms with Gasteiger partial charge in [-0.15, -0.1) is 0 Å². The predicted octanol–water partition coefficient (Wildman–Crippen LogP) is 4.51. The van der Waals surface area contributed by atoms with Gasteiger partial charge in [0.15, 0.2) is 0 Å². The number of aromatic nitrogens is 1. The van der Waals surface area contributed by atoms with E-state index in [2.05, 4.69) is 39.1 Å². The zero-order valence-corrected chi connectivity index (χ0v) is 11.3. The first kappa shape index (κ1) is 11.4. The fourth-order valence-corrected chi connectivity index (χ4v) is 2.31. The van der Waals surface area contributed by atoms with Gasteiger partial charge in [0.2, 0.25) is 0 Å². The number of nitrogens with one attached hydrogen (secondary N) is 1. The minimum Gasteiger partial charge on any atom is -0.487 e. The summed E-state index contributed by atoms with van der Waals surface area (Å²) >= 11 is 3.43. The van der Waals surface area contributed by atoms with Gasteiger partial charge in [-0.2, -0.15) is 0 Å². The van der Waals surface area contributed by atoms with E-state index in [1.807, 2.05) is 36.4 Å². The Morgan fingerprint density at radius 1 is 1.00 bits per heavy atom. The summed E-state index contributed by atoms with van der Waals surface area (Å²) in [6, 6.07) is 18.2. The molecule has 2 nitrogen and oxygen atoms in total. The van der Waals surface area contributed by atoms with Crippen molar-refractivity contribution < 1.29 is 4.74 Å². The summed E-state index contributed by atoms with van der Waals surface area (Å²) in [5.74, 6) is 0.864. The highest BCUT2D eigenvalue weighted by Gasteiger charge is 2.01. The van der Waals surface area contributed by atoms with Crippen LogP contribution in [0.2, 0.25) is 0 Å². The zero-order valence-electron chi connectivity index (χ0n) is 9.69. The molecule has 0 unspecified atom stereocenters. The van der Waals surface area contributed by atoms with Gasteiger partial charge in [0.1, 0.15) is 12.4 Å². The van der Waals surface area contributed by atoms with E-state index >= 15 is 0 Å². The van der Waals surface area contributed by atoms with E-state index in [4.69, 9.17) is 4.74 Å². The van der Waals surface area contributed by atoms with E-state index in [0.29, 0.717) is 6.61 Å². The van der Waals surface area contributed by atoms with E-state index < -0.39 is 0 Å². The van der Waals surface area contributed by atoms with Crippen molar-refractivity contribution in [3.63, 3.8) is 0 Å². The SMILES string of the molecule is Brc1cccc(OCc2cc3ccccc3[nH]2)c1. The van der Waals surface area contributed by atoms with Crippen molar-refractivity contribution in [3.8, 4) is 5.75 Å². The van der Waals surface area contributed by atoms with Crippen LogP contribution in [0.4, 0.5) is 0 Å². The molecule has 1 N–H and O–H groups in total. The van der Waals surface area contributed by atoms with Crippen molar-refractivity contribution in [2.75, 3.05) is 0 Å². The Labute approximate surface area is 114 Å². The predicted molar refractivity (Wildman–Crippen MR) is 76.8 cm³/mol. The Morgan fingerprint density at radius 2 is 1.89 bits per heavy atom. The van der Waals surface area contributed by atoms with Crippen LogP contribution >= 0.6 is 15.9 Å². The first-order valence-electron chi connectivity index (χ1n) is 5.76. The van der Waals surface area contributed by atoms with Gasteiger partial charge >= 0.3 is 0 Å². The molecule has 3 aromatic rings. The highest BCUT2D eigenvalue weighted by molar-refractivity contribution is 9.10. The van der Waals surface area contributed by atoms with E-state index in [9.17, 15) is 0 Å². The third-order valence-corrected chi connectivity index (χ3v) is 3.27. The monoisotopic (exact) mass is 301 g/mol. The van der Waals surface area contributed by atoms with Crippen LogP contribution in [-0.4, -0.2) is 4.98 Å². The number of rotatable bonds is 3. The van der Waals surface area contributed by atoms with Crippen molar-refractivity contribution >= 4 is 26.8 Å². The number of halogens is 1. The van der Waals surface area contributed by atoms with Crippen LogP contribution in [0, 0.1) is 0 Å². The maximum Gasteiger partial charge on any atom is 0.128 e. The first-order chi connectivity index (χ1) is 8.81. The fraction of sp³-hybridized carbons (Fsp3) is 0.0667. The minimum atomic E-state index is 0.547. The molecule has 0 bridgehead atoms. The highest BCUT2D eigenvalue weighted by Crippen LogP contribution is 2.20. The quantitative estimate of drug-likeness (QED) is 0.756. The second kappa shape index (κ2) is 4.86. The zero-order chi connectivity index (χ0) is 12.4. The lowest BCUT2D eigenvalue weighted by Gasteiger charge is -2.04. The summed E-state index contributed by atoms with van der Waals surface area (Å²) in [4.78, 5) is 3.34. The molecule has 0 spiro atoms. The van der Waals surface area contributed by atoms with Crippen molar-refractivity contribution in [1.82, 2.24) is 4.98 Å². The fourth-order valence-electron chi connectivity index (χ4n) is 1.93. The van der Waals surface area contributed by atoms with Crippen LogP contribution in [0.25, 0.3) is 10.9 Å². The molecule has 3 rings (SSSR count). The van der Waals surface area contributed by atoms with Crippen molar-refractivity contribution in [2.45, 2.75) is 6.61 Å².